The minimum absolute atomic E-state index is 0. The Kier molecular flexibility index (Phi) is 8.93. The Balaban J connectivity index is 0.00000324. The van der Waals surface area contributed by atoms with Crippen molar-refractivity contribution in [2.24, 2.45) is 0 Å². The van der Waals surface area contributed by atoms with Crippen LogP contribution in [0.4, 0.5) is 8.78 Å². The van der Waals surface area contributed by atoms with E-state index in [9.17, 15) is 14.3 Å². The maximum atomic E-state index is 15.2. The average Bonchev–Trinajstić information content (AvgIpc) is 2.78. The highest BCUT2D eigenvalue weighted by Gasteiger charge is 2.46. The number of unbranched alkanes of at least 4 members (excludes halogenated alkanes) is 1. The molecule has 1 aromatic heterocycles. The minimum atomic E-state index is -1.33. The number of aliphatic carboxylic acids is 1. The van der Waals surface area contributed by atoms with Gasteiger partial charge in [0.05, 0.1) is 13.5 Å². The van der Waals surface area contributed by atoms with Gasteiger partial charge < -0.3 is 9.84 Å². The van der Waals surface area contributed by atoms with Gasteiger partial charge in [-0.05, 0) is 80.7 Å². The molecule has 1 aliphatic heterocycles. The Morgan fingerprint density at radius 3 is 2.68 bits per heavy atom. The van der Waals surface area contributed by atoms with Crippen molar-refractivity contribution < 1.29 is 23.4 Å². The van der Waals surface area contributed by atoms with E-state index in [1.807, 2.05) is 0 Å². The van der Waals surface area contributed by atoms with E-state index in [-0.39, 0.29) is 38.8 Å². The molecule has 186 valence electrons. The van der Waals surface area contributed by atoms with E-state index in [2.05, 4.69) is 12.1 Å². The van der Waals surface area contributed by atoms with Gasteiger partial charge in [0.1, 0.15) is 5.67 Å². The number of hydrogen-bond acceptors (Lipinski definition) is 4. The minimum Gasteiger partial charge on any atom is -0.494 e. The Morgan fingerprint density at radius 1 is 1.21 bits per heavy atom. The first kappa shape index (κ1) is 26.4. The van der Waals surface area contributed by atoms with E-state index in [1.165, 1.54) is 43.3 Å². The molecule has 2 aliphatic rings. The molecule has 8 heteroatoms. The number of nitrogens with zero attached hydrogens (tertiary/aromatic N) is 2. The number of alkyl halides is 1. The number of aromatic nitrogens is 1. The van der Waals surface area contributed by atoms with Crippen molar-refractivity contribution in [2.45, 2.75) is 69.5 Å². The van der Waals surface area contributed by atoms with Gasteiger partial charge in [0.25, 0.3) is 0 Å². The number of ether oxygens (including phenoxy) is 1. The van der Waals surface area contributed by atoms with E-state index in [1.54, 1.807) is 11.0 Å². The molecule has 0 radical (unpaired) electrons. The van der Waals surface area contributed by atoms with Crippen LogP contribution in [0.2, 0.25) is 0 Å². The van der Waals surface area contributed by atoms with Crippen LogP contribution in [0.1, 0.15) is 67.1 Å². The third kappa shape index (κ3) is 6.27. The molecule has 0 unspecified atom stereocenters. The van der Waals surface area contributed by atoms with Crippen LogP contribution < -0.4 is 4.74 Å². The fourth-order valence-corrected chi connectivity index (χ4v) is 5.09. The summed E-state index contributed by atoms with van der Waals surface area (Å²) in [4.78, 5) is 18.0. The number of benzene rings is 1. The summed E-state index contributed by atoms with van der Waals surface area (Å²) in [5, 5.41) is 9.32. The van der Waals surface area contributed by atoms with Crippen molar-refractivity contribution in [3.05, 3.63) is 58.7 Å². The summed E-state index contributed by atoms with van der Waals surface area (Å²) in [6.07, 6.45) is 7.33. The van der Waals surface area contributed by atoms with Crippen LogP contribution in [0.15, 0.2) is 30.3 Å². The normalized spacial score (nSPS) is 17.7. The first-order valence-corrected chi connectivity index (χ1v) is 11.8. The lowest BCUT2D eigenvalue weighted by Crippen LogP contribution is -2.60. The van der Waals surface area contributed by atoms with Crippen LogP contribution in [-0.2, 0) is 24.1 Å². The number of carboxylic acid groups (broad SMARTS) is 1. The quantitative estimate of drug-likeness (QED) is 0.464. The maximum Gasteiger partial charge on any atom is 0.305 e. The van der Waals surface area contributed by atoms with Gasteiger partial charge >= 0.3 is 5.97 Å². The molecule has 1 aliphatic carbocycles. The number of methoxy groups -OCH3 is 1. The Morgan fingerprint density at radius 2 is 1.97 bits per heavy atom. The summed E-state index contributed by atoms with van der Waals surface area (Å²) in [5.41, 5.74) is 2.88. The number of hydrogen-bond donors (Lipinski definition) is 1. The van der Waals surface area contributed by atoms with Crippen molar-refractivity contribution in [1.82, 2.24) is 9.88 Å². The number of likely N-dealkylation sites (tertiary alicyclic amines) is 1. The Hall–Kier alpha value is -2.19. The number of pyridine rings is 1. The summed E-state index contributed by atoms with van der Waals surface area (Å²) < 4.78 is 34.3. The summed E-state index contributed by atoms with van der Waals surface area (Å²) in [5.74, 6) is -1.44. The topological polar surface area (TPSA) is 62.7 Å². The molecule has 0 bridgehead atoms. The number of fused-ring (bicyclic) bond motifs is 1. The zero-order chi connectivity index (χ0) is 23.4. The number of rotatable bonds is 10. The molecule has 0 spiro atoms. The second-order valence-electron chi connectivity index (χ2n) is 9.39. The molecule has 0 saturated carbocycles. The van der Waals surface area contributed by atoms with Gasteiger partial charge in [-0.1, -0.05) is 12.1 Å². The first-order valence-electron chi connectivity index (χ1n) is 11.8. The van der Waals surface area contributed by atoms with Crippen molar-refractivity contribution in [2.75, 3.05) is 20.2 Å². The summed E-state index contributed by atoms with van der Waals surface area (Å²) in [7, 11) is 1.38. The molecule has 1 fully saturated rings. The third-order valence-corrected chi connectivity index (χ3v) is 6.89. The number of carboxylic acids is 1. The van der Waals surface area contributed by atoms with Crippen LogP contribution in [-0.4, -0.2) is 46.8 Å². The maximum absolute atomic E-state index is 15.2. The summed E-state index contributed by atoms with van der Waals surface area (Å²) in [6.45, 7) is 0.325. The van der Waals surface area contributed by atoms with Crippen LogP contribution >= 0.6 is 13.5 Å². The number of halogens is 2. The zero-order valence-corrected chi connectivity index (χ0v) is 20.7. The van der Waals surface area contributed by atoms with Crippen molar-refractivity contribution in [3.63, 3.8) is 0 Å². The van der Waals surface area contributed by atoms with Crippen LogP contribution in [0.25, 0.3) is 0 Å². The lowest BCUT2D eigenvalue weighted by Gasteiger charge is -2.48. The van der Waals surface area contributed by atoms with Crippen LogP contribution in [0.5, 0.6) is 5.75 Å². The molecule has 1 N–H and O–H groups in total. The highest BCUT2D eigenvalue weighted by atomic mass is 32.1. The standard InChI is InChI=1S/C26H32F2N2O3.H2S/c1-33-24-12-10-19(14-21(24)27)23(15-25(31)32)30-16-26(28,17-30)13-5-4-7-20-11-9-18-6-2-3-8-22(18)29-20;/h9-12,14,23H,2-8,13,15-17H2,1H3,(H,31,32);1H2/t23-;/m0./s1. The van der Waals surface area contributed by atoms with Gasteiger partial charge in [-0.2, -0.15) is 13.5 Å². The lowest BCUT2D eigenvalue weighted by atomic mass is 9.86. The summed E-state index contributed by atoms with van der Waals surface area (Å²) in [6, 6.07) is 8.16. The molecule has 5 nitrogen and oxygen atoms in total. The fourth-order valence-electron chi connectivity index (χ4n) is 5.09. The highest BCUT2D eigenvalue weighted by Crippen LogP contribution is 2.39. The average molecular weight is 493 g/mol. The molecular weight excluding hydrogens is 458 g/mol. The van der Waals surface area contributed by atoms with E-state index >= 15 is 4.39 Å². The molecule has 1 saturated heterocycles. The predicted octanol–water partition coefficient (Wildman–Crippen LogP) is 5.17. The van der Waals surface area contributed by atoms with Crippen LogP contribution in [0, 0.1) is 5.82 Å². The zero-order valence-electron chi connectivity index (χ0n) is 19.7. The van der Waals surface area contributed by atoms with Gasteiger partial charge in [-0.3, -0.25) is 14.7 Å². The largest absolute Gasteiger partial charge is 0.494 e. The molecule has 2 heterocycles. The molecule has 1 aromatic carbocycles. The first-order chi connectivity index (χ1) is 15.9. The molecular formula is C26H34F2N2O3S. The van der Waals surface area contributed by atoms with Gasteiger partial charge in [0.2, 0.25) is 0 Å². The number of aryl methyl sites for hydroxylation is 3. The SMILES string of the molecule is COc1ccc([C@H](CC(=O)O)N2CC(F)(CCCCc3ccc4c(n3)CCCC4)C2)cc1F.S. The molecule has 4 rings (SSSR count). The van der Waals surface area contributed by atoms with Gasteiger partial charge in [0, 0.05) is 30.5 Å². The second kappa shape index (κ2) is 11.5. The van der Waals surface area contributed by atoms with E-state index in [0.29, 0.717) is 12.0 Å². The molecule has 2 aromatic rings. The lowest BCUT2D eigenvalue weighted by molar-refractivity contribution is -0.141. The Labute approximate surface area is 207 Å². The van der Waals surface area contributed by atoms with E-state index in [0.717, 1.165) is 37.8 Å². The van der Waals surface area contributed by atoms with Gasteiger partial charge in [0.15, 0.2) is 11.6 Å². The smallest absolute Gasteiger partial charge is 0.305 e. The van der Waals surface area contributed by atoms with E-state index < -0.39 is 23.5 Å². The fraction of sp³-hybridized carbons (Fsp3) is 0.538. The molecule has 0 amide bonds. The monoisotopic (exact) mass is 492 g/mol. The second-order valence-corrected chi connectivity index (χ2v) is 9.39. The molecule has 34 heavy (non-hydrogen) atoms. The van der Waals surface area contributed by atoms with E-state index in [4.69, 9.17) is 9.72 Å². The van der Waals surface area contributed by atoms with Gasteiger partial charge in [-0.25, -0.2) is 8.78 Å². The third-order valence-electron chi connectivity index (χ3n) is 6.89. The Bertz CT molecular complexity index is 998. The number of carbonyl (C=O) groups is 1. The summed E-state index contributed by atoms with van der Waals surface area (Å²) >= 11 is 0. The predicted molar refractivity (Wildman–Crippen MR) is 132 cm³/mol. The van der Waals surface area contributed by atoms with Crippen LogP contribution in [0.3, 0.4) is 0 Å². The van der Waals surface area contributed by atoms with Crippen molar-refractivity contribution in [3.8, 4) is 5.75 Å². The van der Waals surface area contributed by atoms with Crippen molar-refractivity contribution in [1.29, 1.82) is 0 Å². The van der Waals surface area contributed by atoms with Crippen molar-refractivity contribution >= 4 is 19.5 Å². The molecule has 1 atom stereocenters. The highest BCUT2D eigenvalue weighted by molar-refractivity contribution is 7.59. The van der Waals surface area contributed by atoms with Gasteiger partial charge in [-0.15, -0.1) is 0 Å².